The Balaban J connectivity index is 1.89. The first kappa shape index (κ1) is 16.8. The summed E-state index contributed by atoms with van der Waals surface area (Å²) in [6, 6.07) is 4.45. The molecule has 1 aromatic carbocycles. The molecule has 0 saturated heterocycles. The molecule has 2 heterocycles. The van der Waals surface area contributed by atoms with Gasteiger partial charge in [0.2, 0.25) is 0 Å². The summed E-state index contributed by atoms with van der Waals surface area (Å²) in [6.45, 7) is 0.761. The summed E-state index contributed by atoms with van der Waals surface area (Å²) in [5.74, 6) is -1.96. The van der Waals surface area contributed by atoms with Crippen LogP contribution in [0.5, 0.6) is 5.75 Å². The van der Waals surface area contributed by atoms with Crippen LogP contribution in [0.4, 0.5) is 18.9 Å². The average Bonchev–Trinajstić information content (AvgIpc) is 2.68. The van der Waals surface area contributed by atoms with E-state index in [9.17, 15) is 18.0 Å². The Hall–Kier alpha value is -3.14. The highest BCUT2D eigenvalue weighted by Gasteiger charge is 2.46. The summed E-state index contributed by atoms with van der Waals surface area (Å²) in [5.41, 5.74) is 2.94. The van der Waals surface area contributed by atoms with Crippen molar-refractivity contribution in [2.75, 3.05) is 25.6 Å². The maximum Gasteiger partial charge on any atom is 0.274 e. The highest BCUT2D eigenvalue weighted by molar-refractivity contribution is 6.03. The number of amidine groups is 1. The van der Waals surface area contributed by atoms with Crippen LogP contribution < -0.4 is 15.8 Å². The molecule has 0 saturated carbocycles. The van der Waals surface area contributed by atoms with Crippen LogP contribution in [0.1, 0.15) is 25.7 Å². The fraction of sp³-hybridized carbons (Fsp3) is 0.316. The highest BCUT2D eigenvalue weighted by Crippen LogP contribution is 2.38. The number of nitrogens with zero attached hydrogens (tertiary/aromatic N) is 2. The number of aromatic nitrogens is 1. The zero-order valence-electron chi connectivity index (χ0n) is 18.2. The number of carbonyl (C=O) groups is 1. The van der Waals surface area contributed by atoms with Crippen LogP contribution in [0.2, 0.25) is 0 Å². The number of benzene rings is 1. The molecule has 1 aliphatic heterocycles. The molecule has 1 amide bonds. The molecule has 3 N–H and O–H groups in total. The first-order valence-electron chi connectivity index (χ1n) is 9.88. The van der Waals surface area contributed by atoms with Crippen molar-refractivity contribution < 1.29 is 31.6 Å². The Morgan fingerprint density at radius 2 is 2.24 bits per heavy atom. The van der Waals surface area contributed by atoms with E-state index in [1.54, 1.807) is 0 Å². The number of alkyl halides is 2. The SMILES string of the molecule is [2H]C([2H])([2H])Oc1cnc(C(=O)Nc2ccc(F)c([C@]3(C(F)F)COCC(N)=N3)c2)c(C)c1. The topological polar surface area (TPSA) is 98.8 Å². The van der Waals surface area contributed by atoms with E-state index in [1.165, 1.54) is 19.1 Å². The lowest BCUT2D eigenvalue weighted by molar-refractivity contribution is -0.0145. The summed E-state index contributed by atoms with van der Waals surface area (Å²) >= 11 is 0. The number of carbonyl (C=O) groups excluding carboxylic acids is 1. The average molecular weight is 411 g/mol. The quantitative estimate of drug-likeness (QED) is 0.788. The fourth-order valence-corrected chi connectivity index (χ4v) is 2.97. The fourth-order valence-electron chi connectivity index (χ4n) is 2.97. The van der Waals surface area contributed by atoms with Crippen molar-refractivity contribution in [3.05, 3.63) is 53.1 Å². The Kier molecular flexibility index (Phi) is 4.67. The highest BCUT2D eigenvalue weighted by atomic mass is 19.3. The Labute approximate surface area is 169 Å². The molecule has 7 nitrogen and oxygen atoms in total. The molecule has 0 spiro atoms. The minimum absolute atomic E-state index is 0.00906. The van der Waals surface area contributed by atoms with E-state index in [0.29, 0.717) is 5.56 Å². The largest absolute Gasteiger partial charge is 0.495 e. The number of pyridine rings is 1. The van der Waals surface area contributed by atoms with Gasteiger partial charge in [-0.05, 0) is 36.8 Å². The van der Waals surface area contributed by atoms with Gasteiger partial charge in [-0.3, -0.25) is 9.79 Å². The molecule has 1 atom stereocenters. The molecule has 0 aliphatic carbocycles. The van der Waals surface area contributed by atoms with Gasteiger partial charge in [-0.25, -0.2) is 18.2 Å². The molecule has 0 fully saturated rings. The molecular formula is C19H19F3N4O3. The van der Waals surface area contributed by atoms with Gasteiger partial charge >= 0.3 is 0 Å². The maximum absolute atomic E-state index is 14.5. The number of hydrogen-bond acceptors (Lipinski definition) is 6. The van der Waals surface area contributed by atoms with E-state index in [1.807, 2.05) is 0 Å². The predicted molar refractivity (Wildman–Crippen MR) is 100 cm³/mol. The number of nitrogens with two attached hydrogens (primary N) is 1. The molecule has 10 heteroatoms. The van der Waals surface area contributed by atoms with Gasteiger partial charge in [0.15, 0.2) is 5.54 Å². The number of ether oxygens (including phenoxy) is 2. The van der Waals surface area contributed by atoms with Crippen molar-refractivity contribution in [1.82, 2.24) is 4.98 Å². The van der Waals surface area contributed by atoms with E-state index in [4.69, 9.17) is 19.3 Å². The summed E-state index contributed by atoms with van der Waals surface area (Å²) < 4.78 is 73.5. The van der Waals surface area contributed by atoms with Crippen LogP contribution in [0.15, 0.2) is 35.5 Å². The number of nitrogens with one attached hydrogen (secondary N) is 1. The number of aryl methyl sites for hydroxylation is 1. The van der Waals surface area contributed by atoms with Gasteiger partial charge in [0.25, 0.3) is 12.3 Å². The smallest absolute Gasteiger partial charge is 0.274 e. The molecule has 3 rings (SSSR count). The molecule has 154 valence electrons. The Morgan fingerprint density at radius 3 is 2.90 bits per heavy atom. The number of halogens is 3. The van der Waals surface area contributed by atoms with Gasteiger partial charge in [-0.2, -0.15) is 0 Å². The summed E-state index contributed by atoms with van der Waals surface area (Å²) in [5, 5.41) is 2.46. The molecular weight excluding hydrogens is 389 g/mol. The lowest BCUT2D eigenvalue weighted by atomic mass is 9.90. The van der Waals surface area contributed by atoms with Crippen LogP contribution in [-0.4, -0.2) is 43.4 Å². The van der Waals surface area contributed by atoms with E-state index >= 15 is 0 Å². The Morgan fingerprint density at radius 1 is 1.45 bits per heavy atom. The minimum atomic E-state index is -3.13. The van der Waals surface area contributed by atoms with Crippen LogP contribution in [0.25, 0.3) is 0 Å². The molecule has 1 aliphatic rings. The summed E-state index contributed by atoms with van der Waals surface area (Å²) in [4.78, 5) is 20.3. The van der Waals surface area contributed by atoms with Gasteiger partial charge in [0.05, 0.1) is 24.0 Å². The van der Waals surface area contributed by atoms with Crippen molar-refractivity contribution in [2.24, 2.45) is 10.7 Å². The third kappa shape index (κ3) is 4.02. The summed E-state index contributed by atoms with van der Waals surface area (Å²) in [7, 11) is -2.68. The van der Waals surface area contributed by atoms with Crippen molar-refractivity contribution in [2.45, 2.75) is 18.9 Å². The lowest BCUT2D eigenvalue weighted by Gasteiger charge is -2.33. The lowest BCUT2D eigenvalue weighted by Crippen LogP contribution is -2.45. The Bertz CT molecular complexity index is 1070. The monoisotopic (exact) mass is 411 g/mol. The number of rotatable bonds is 5. The first-order chi connectivity index (χ1) is 14.9. The van der Waals surface area contributed by atoms with Crippen molar-refractivity contribution in [3.63, 3.8) is 0 Å². The molecule has 0 radical (unpaired) electrons. The zero-order valence-corrected chi connectivity index (χ0v) is 15.2. The number of methoxy groups -OCH3 is 1. The minimum Gasteiger partial charge on any atom is -0.495 e. The van der Waals surface area contributed by atoms with Gasteiger partial charge in [0.1, 0.15) is 29.7 Å². The van der Waals surface area contributed by atoms with E-state index in [0.717, 1.165) is 18.3 Å². The van der Waals surface area contributed by atoms with Crippen molar-refractivity contribution in [1.29, 1.82) is 0 Å². The van der Waals surface area contributed by atoms with Crippen molar-refractivity contribution >= 4 is 17.4 Å². The molecule has 0 bridgehead atoms. The van der Waals surface area contributed by atoms with E-state index < -0.39 is 42.9 Å². The second kappa shape index (κ2) is 8.08. The second-order valence-corrected chi connectivity index (χ2v) is 6.41. The van der Waals surface area contributed by atoms with Crippen LogP contribution in [-0.2, 0) is 10.3 Å². The van der Waals surface area contributed by atoms with Crippen molar-refractivity contribution in [3.8, 4) is 5.75 Å². The number of amides is 1. The van der Waals surface area contributed by atoms with Gasteiger partial charge < -0.3 is 20.5 Å². The van der Waals surface area contributed by atoms with Gasteiger partial charge in [0, 0.05) is 11.3 Å². The summed E-state index contributed by atoms with van der Waals surface area (Å²) in [6.07, 6.45) is -2.07. The molecule has 1 aromatic heterocycles. The van der Waals surface area contributed by atoms with Gasteiger partial charge in [-0.1, -0.05) is 0 Å². The predicted octanol–water partition coefficient (Wildman–Crippen LogP) is 2.64. The van der Waals surface area contributed by atoms with Crippen LogP contribution >= 0.6 is 0 Å². The van der Waals surface area contributed by atoms with E-state index in [-0.39, 0.29) is 29.6 Å². The molecule has 29 heavy (non-hydrogen) atoms. The van der Waals surface area contributed by atoms with Crippen LogP contribution in [0, 0.1) is 12.7 Å². The number of aliphatic imine (C=N–C) groups is 1. The third-order valence-corrected chi connectivity index (χ3v) is 4.35. The van der Waals surface area contributed by atoms with Gasteiger partial charge in [-0.15, -0.1) is 0 Å². The number of anilines is 1. The molecule has 2 aromatic rings. The van der Waals surface area contributed by atoms with Crippen LogP contribution in [0.3, 0.4) is 0 Å². The normalized spacial score (nSPS) is 21.0. The number of hydrogen-bond donors (Lipinski definition) is 2. The second-order valence-electron chi connectivity index (χ2n) is 6.41. The standard InChI is InChI=1S/C19H19F3N4O3/c1-10-5-12(28-2)7-24-16(10)17(27)25-11-3-4-14(20)13(6-11)19(18(21)22)9-29-8-15(23)26-19/h3-7,18H,8-9H2,1-2H3,(H2,23,26)(H,25,27)/t19-/m0/s1/i2D3. The third-order valence-electron chi connectivity index (χ3n) is 4.35. The van der Waals surface area contributed by atoms with E-state index in [2.05, 4.69) is 15.3 Å². The first-order valence-corrected chi connectivity index (χ1v) is 8.38. The zero-order chi connectivity index (χ0) is 23.7. The molecule has 0 unspecified atom stereocenters. The maximum atomic E-state index is 14.5.